The minimum absolute atomic E-state index is 0.270. The summed E-state index contributed by atoms with van der Waals surface area (Å²) in [7, 11) is 1.57. The van der Waals surface area contributed by atoms with Crippen LogP contribution in [0.2, 0.25) is 0 Å². The zero-order chi connectivity index (χ0) is 14.7. The third-order valence-corrected chi connectivity index (χ3v) is 3.47. The summed E-state index contributed by atoms with van der Waals surface area (Å²) in [5, 5.41) is 0. The Morgan fingerprint density at radius 3 is 2.50 bits per heavy atom. The van der Waals surface area contributed by atoms with Gasteiger partial charge >= 0.3 is 0 Å². The third kappa shape index (κ3) is 3.11. The number of rotatable bonds is 4. The molecule has 5 heteroatoms. The second kappa shape index (κ2) is 6.24. The van der Waals surface area contributed by atoms with E-state index in [2.05, 4.69) is 15.9 Å². The standard InChI is InChI=1S/C15H15BrFNO2/c1-9(18)15-12(19-2)4-3-5-13(15)20-14-8-10(17)6-7-11(14)16/h3-9H,18H2,1-2H3/t9-/m0/s1. The number of hydrogen-bond donors (Lipinski definition) is 1. The smallest absolute Gasteiger partial charge is 0.144 e. The van der Waals surface area contributed by atoms with E-state index in [1.807, 2.05) is 13.0 Å². The molecule has 0 fully saturated rings. The van der Waals surface area contributed by atoms with Crippen LogP contribution < -0.4 is 15.2 Å². The van der Waals surface area contributed by atoms with Crippen molar-refractivity contribution in [2.45, 2.75) is 13.0 Å². The van der Waals surface area contributed by atoms with Crippen LogP contribution in [0.1, 0.15) is 18.5 Å². The van der Waals surface area contributed by atoms with Gasteiger partial charge in [0, 0.05) is 12.1 Å². The van der Waals surface area contributed by atoms with Crippen LogP contribution in [-0.2, 0) is 0 Å². The summed E-state index contributed by atoms with van der Waals surface area (Å²) in [5.74, 6) is 1.21. The molecule has 0 saturated heterocycles. The summed E-state index contributed by atoms with van der Waals surface area (Å²) in [6.45, 7) is 1.84. The van der Waals surface area contributed by atoms with Crippen LogP contribution in [0.3, 0.4) is 0 Å². The second-order valence-corrected chi connectivity index (χ2v) is 5.19. The zero-order valence-corrected chi connectivity index (χ0v) is 12.8. The SMILES string of the molecule is COc1cccc(Oc2cc(F)ccc2Br)c1[C@H](C)N. The first kappa shape index (κ1) is 14.8. The van der Waals surface area contributed by atoms with E-state index in [4.69, 9.17) is 15.2 Å². The first-order valence-electron chi connectivity index (χ1n) is 6.08. The molecule has 0 bridgehead atoms. The number of benzene rings is 2. The molecule has 0 amide bonds. The van der Waals surface area contributed by atoms with E-state index in [0.29, 0.717) is 21.7 Å². The van der Waals surface area contributed by atoms with E-state index >= 15 is 0 Å². The molecule has 1 atom stereocenters. The Kier molecular flexibility index (Phi) is 4.62. The van der Waals surface area contributed by atoms with E-state index in [-0.39, 0.29) is 11.9 Å². The van der Waals surface area contributed by atoms with Crippen LogP contribution in [0.25, 0.3) is 0 Å². The Hall–Kier alpha value is -1.59. The number of hydrogen-bond acceptors (Lipinski definition) is 3. The van der Waals surface area contributed by atoms with Gasteiger partial charge in [0.2, 0.25) is 0 Å². The molecule has 2 rings (SSSR count). The maximum absolute atomic E-state index is 13.3. The predicted molar refractivity (Wildman–Crippen MR) is 79.8 cm³/mol. The van der Waals surface area contributed by atoms with E-state index in [1.165, 1.54) is 12.1 Å². The molecule has 0 saturated carbocycles. The van der Waals surface area contributed by atoms with Gasteiger partial charge in [-0.3, -0.25) is 0 Å². The molecule has 2 aromatic carbocycles. The summed E-state index contributed by atoms with van der Waals surface area (Å²) >= 11 is 3.33. The Morgan fingerprint density at radius 1 is 1.15 bits per heavy atom. The van der Waals surface area contributed by atoms with Gasteiger partial charge in [0.05, 0.1) is 17.1 Å². The van der Waals surface area contributed by atoms with E-state index in [1.54, 1.807) is 25.3 Å². The van der Waals surface area contributed by atoms with Crippen molar-refractivity contribution in [2.75, 3.05) is 7.11 Å². The Morgan fingerprint density at radius 2 is 1.85 bits per heavy atom. The number of halogens is 2. The van der Waals surface area contributed by atoms with Crippen LogP contribution in [0.5, 0.6) is 17.2 Å². The summed E-state index contributed by atoms with van der Waals surface area (Å²) in [6, 6.07) is 9.38. The first-order chi connectivity index (χ1) is 9.52. The number of methoxy groups -OCH3 is 1. The Bertz CT molecular complexity index is 617. The molecule has 106 valence electrons. The van der Waals surface area contributed by atoms with Crippen LogP contribution in [-0.4, -0.2) is 7.11 Å². The maximum atomic E-state index is 13.3. The largest absolute Gasteiger partial charge is 0.496 e. The lowest BCUT2D eigenvalue weighted by atomic mass is 10.1. The van der Waals surface area contributed by atoms with Gasteiger partial charge in [0.1, 0.15) is 23.1 Å². The molecule has 0 aliphatic rings. The quantitative estimate of drug-likeness (QED) is 0.897. The average Bonchev–Trinajstić information content (AvgIpc) is 2.42. The van der Waals surface area contributed by atoms with Crippen molar-refractivity contribution in [3.63, 3.8) is 0 Å². The molecule has 0 unspecified atom stereocenters. The van der Waals surface area contributed by atoms with Crippen molar-refractivity contribution in [1.82, 2.24) is 0 Å². The van der Waals surface area contributed by atoms with Gasteiger partial charge < -0.3 is 15.2 Å². The van der Waals surface area contributed by atoms with E-state index < -0.39 is 0 Å². The fourth-order valence-corrected chi connectivity index (χ4v) is 2.24. The molecule has 0 aliphatic heterocycles. The molecule has 2 N–H and O–H groups in total. The fraction of sp³-hybridized carbons (Fsp3) is 0.200. The molecule has 20 heavy (non-hydrogen) atoms. The van der Waals surface area contributed by atoms with Crippen LogP contribution in [0, 0.1) is 5.82 Å². The van der Waals surface area contributed by atoms with Crippen molar-refractivity contribution in [1.29, 1.82) is 0 Å². The molecule has 0 aliphatic carbocycles. The van der Waals surface area contributed by atoms with Gasteiger partial charge in [-0.1, -0.05) is 6.07 Å². The topological polar surface area (TPSA) is 44.5 Å². The maximum Gasteiger partial charge on any atom is 0.144 e. The summed E-state index contributed by atoms with van der Waals surface area (Å²) in [5.41, 5.74) is 6.71. The molecular formula is C15H15BrFNO2. The van der Waals surface area contributed by atoms with Crippen molar-refractivity contribution in [3.05, 3.63) is 52.3 Å². The Labute approximate surface area is 125 Å². The van der Waals surface area contributed by atoms with Crippen molar-refractivity contribution >= 4 is 15.9 Å². The molecule has 0 spiro atoms. The van der Waals surface area contributed by atoms with Gasteiger partial charge in [0.25, 0.3) is 0 Å². The highest BCUT2D eigenvalue weighted by Gasteiger charge is 2.16. The number of ether oxygens (including phenoxy) is 2. The monoisotopic (exact) mass is 339 g/mol. The average molecular weight is 340 g/mol. The zero-order valence-electron chi connectivity index (χ0n) is 11.2. The normalized spacial score (nSPS) is 12.1. The molecule has 0 heterocycles. The summed E-state index contributed by atoms with van der Waals surface area (Å²) in [6.07, 6.45) is 0. The highest BCUT2D eigenvalue weighted by molar-refractivity contribution is 9.10. The predicted octanol–water partition coefficient (Wildman–Crippen LogP) is 4.41. The second-order valence-electron chi connectivity index (χ2n) is 4.34. The highest BCUT2D eigenvalue weighted by Crippen LogP contribution is 2.37. The van der Waals surface area contributed by atoms with E-state index in [9.17, 15) is 4.39 Å². The van der Waals surface area contributed by atoms with Gasteiger partial charge in [-0.15, -0.1) is 0 Å². The fourth-order valence-electron chi connectivity index (χ4n) is 1.91. The van der Waals surface area contributed by atoms with Crippen LogP contribution >= 0.6 is 15.9 Å². The Balaban J connectivity index is 2.45. The lowest BCUT2D eigenvalue weighted by Crippen LogP contribution is -2.08. The highest BCUT2D eigenvalue weighted by atomic mass is 79.9. The minimum atomic E-state index is -0.367. The molecular weight excluding hydrogens is 325 g/mol. The van der Waals surface area contributed by atoms with Crippen LogP contribution in [0.15, 0.2) is 40.9 Å². The van der Waals surface area contributed by atoms with Crippen molar-refractivity contribution in [3.8, 4) is 17.2 Å². The lowest BCUT2D eigenvalue weighted by molar-refractivity contribution is 0.397. The van der Waals surface area contributed by atoms with Crippen LogP contribution in [0.4, 0.5) is 4.39 Å². The van der Waals surface area contributed by atoms with Crippen molar-refractivity contribution in [2.24, 2.45) is 5.73 Å². The van der Waals surface area contributed by atoms with Gasteiger partial charge in [-0.2, -0.15) is 0 Å². The lowest BCUT2D eigenvalue weighted by Gasteiger charge is -2.17. The van der Waals surface area contributed by atoms with Crippen molar-refractivity contribution < 1.29 is 13.9 Å². The molecule has 2 aromatic rings. The van der Waals surface area contributed by atoms with Gasteiger partial charge in [-0.25, -0.2) is 4.39 Å². The van der Waals surface area contributed by atoms with Gasteiger partial charge in [-0.05, 0) is 47.1 Å². The van der Waals surface area contributed by atoms with E-state index in [0.717, 1.165) is 5.56 Å². The minimum Gasteiger partial charge on any atom is -0.496 e. The summed E-state index contributed by atoms with van der Waals surface area (Å²) < 4.78 is 25.0. The first-order valence-corrected chi connectivity index (χ1v) is 6.87. The summed E-state index contributed by atoms with van der Waals surface area (Å²) in [4.78, 5) is 0. The molecule has 0 radical (unpaired) electrons. The number of nitrogens with two attached hydrogens (primary N) is 1. The third-order valence-electron chi connectivity index (χ3n) is 2.81. The van der Waals surface area contributed by atoms with Gasteiger partial charge in [0.15, 0.2) is 0 Å². The molecule has 3 nitrogen and oxygen atoms in total. The molecule has 0 aromatic heterocycles.